The number of aromatic nitrogens is 2. The van der Waals surface area contributed by atoms with Crippen molar-refractivity contribution in [3.05, 3.63) is 124 Å². The van der Waals surface area contributed by atoms with Gasteiger partial charge in [0.2, 0.25) is 11.8 Å². The van der Waals surface area contributed by atoms with Crippen LogP contribution in [0.1, 0.15) is 49.2 Å². The quantitative estimate of drug-likeness (QED) is 0.101. The highest BCUT2D eigenvalue weighted by atomic mass is 32.2. The lowest BCUT2D eigenvalue weighted by molar-refractivity contribution is -0.137. The Hall–Kier alpha value is -5.21. The number of nitrogens with two attached hydrogens (primary N) is 1. The maximum absolute atomic E-state index is 15.5. The molecule has 2 N–H and O–H groups in total. The monoisotopic (exact) mass is 856 g/mol. The minimum Gasteiger partial charge on any atom is -0.368 e. The summed E-state index contributed by atoms with van der Waals surface area (Å²) in [6.45, 7) is 3.68. The second-order valence-electron chi connectivity index (χ2n) is 13.2. The summed E-state index contributed by atoms with van der Waals surface area (Å²) < 4.78 is 153. The van der Waals surface area contributed by atoms with Crippen molar-refractivity contribution in [2.75, 3.05) is 4.90 Å². The molecule has 0 spiro atoms. The van der Waals surface area contributed by atoms with E-state index < -0.39 is 103 Å². The second kappa shape index (κ2) is 15.3. The maximum atomic E-state index is 15.5. The Bertz CT molecular complexity index is 2600. The van der Waals surface area contributed by atoms with E-state index in [1.165, 1.54) is 0 Å². The van der Waals surface area contributed by atoms with Gasteiger partial charge in [0.25, 0.3) is 0 Å². The zero-order valence-electron chi connectivity index (χ0n) is 30.1. The third kappa shape index (κ3) is 7.52. The molecule has 0 aliphatic carbocycles. The van der Waals surface area contributed by atoms with E-state index in [1.54, 1.807) is 37.3 Å². The van der Waals surface area contributed by atoms with Crippen LogP contribution in [-0.2, 0) is 41.9 Å². The highest BCUT2D eigenvalue weighted by Crippen LogP contribution is 2.48. The van der Waals surface area contributed by atoms with Gasteiger partial charge >= 0.3 is 6.18 Å². The minimum atomic E-state index is -5.68. The van der Waals surface area contributed by atoms with E-state index in [0.717, 1.165) is 0 Å². The minimum absolute atomic E-state index is 0.143. The Labute approximate surface area is 326 Å². The molecule has 0 aliphatic heterocycles. The molecule has 2 amide bonds. The Kier molecular flexibility index (Phi) is 11.5. The molecule has 20 heteroatoms. The van der Waals surface area contributed by atoms with Crippen molar-refractivity contribution in [2.24, 2.45) is 5.73 Å². The van der Waals surface area contributed by atoms with Crippen LogP contribution in [0, 0.1) is 23.3 Å². The van der Waals surface area contributed by atoms with Crippen LogP contribution in [0.5, 0.6) is 0 Å². The molecule has 302 valence electrons. The number of anilines is 1. The summed E-state index contributed by atoms with van der Waals surface area (Å²) >= 11 is 0.661. The molecule has 0 saturated carbocycles. The lowest BCUT2D eigenvalue weighted by Gasteiger charge is -2.42. The molecule has 0 radical (unpaired) electrons. The van der Waals surface area contributed by atoms with Crippen LogP contribution < -0.4 is 10.6 Å². The first-order chi connectivity index (χ1) is 26.4. The number of alkyl halides is 3. The molecular formula is C37H31F7N4O6S3. The number of carbonyl (C=O) groups excluding carboxylic acids is 2. The summed E-state index contributed by atoms with van der Waals surface area (Å²) in [5, 5.41) is -0.535. The molecular weight excluding hydrogens is 826 g/mol. The van der Waals surface area contributed by atoms with Crippen LogP contribution in [0.4, 0.5) is 36.6 Å². The summed E-state index contributed by atoms with van der Waals surface area (Å²) in [6, 6.07) is 8.62. The number of amides is 2. The largest absolute Gasteiger partial charge is 0.416 e. The van der Waals surface area contributed by atoms with Gasteiger partial charge in [-0.1, -0.05) is 37.3 Å². The summed E-state index contributed by atoms with van der Waals surface area (Å²) in [7, 11) is -11.1. The normalized spacial score (nSPS) is 14.2. The number of carbonyl (C=O) groups is 2. The number of rotatable bonds is 12. The van der Waals surface area contributed by atoms with Crippen molar-refractivity contribution in [2.45, 2.75) is 65.6 Å². The van der Waals surface area contributed by atoms with Crippen LogP contribution in [0.15, 0.2) is 94.9 Å². The molecule has 2 aromatic heterocycles. The number of benzene rings is 3. The average molecular weight is 857 g/mol. The molecule has 0 saturated heterocycles. The molecule has 10 nitrogen and oxygen atoms in total. The van der Waals surface area contributed by atoms with E-state index in [0.29, 0.717) is 79.1 Å². The number of halogens is 7. The van der Waals surface area contributed by atoms with E-state index >= 15 is 13.6 Å². The number of primary amides is 1. The van der Waals surface area contributed by atoms with Crippen LogP contribution in [0.3, 0.4) is 0 Å². The van der Waals surface area contributed by atoms with Crippen molar-refractivity contribution in [3.63, 3.8) is 0 Å². The van der Waals surface area contributed by atoms with Crippen molar-refractivity contribution in [1.29, 1.82) is 0 Å². The van der Waals surface area contributed by atoms with E-state index in [1.807, 2.05) is 0 Å². The Balaban J connectivity index is 1.96. The van der Waals surface area contributed by atoms with Gasteiger partial charge in [-0.2, -0.15) is 13.2 Å². The zero-order valence-corrected chi connectivity index (χ0v) is 32.6. The highest BCUT2D eigenvalue weighted by molar-refractivity contribution is 7.94. The first-order valence-electron chi connectivity index (χ1n) is 16.5. The molecule has 5 rings (SSSR count). The Morgan fingerprint density at radius 3 is 1.84 bits per heavy atom. The fourth-order valence-electron chi connectivity index (χ4n) is 5.93. The standard InChI is InChI=1S/C37H31F7N4O6S3/c1-5-26-30(20-9-7-6-8-10-20)47-32(55-26)31(36(4,33(45)49)57(53,54)28-14-12-23(39)19-25(28)41)48(29-17-21(15-16-46-29)37(42,43)44)34(50)35(2,3)56(51,52)27-13-11-22(38)18-24(27)40/h6-19,31H,5H2,1-4H3,(H2,45,49). The molecule has 5 aromatic rings. The summed E-state index contributed by atoms with van der Waals surface area (Å²) in [4.78, 5) is 35.4. The Morgan fingerprint density at radius 1 is 0.807 bits per heavy atom. The number of aryl methyl sites for hydroxylation is 1. The lowest BCUT2D eigenvalue weighted by atomic mass is 9.96. The second-order valence-corrected chi connectivity index (χ2v) is 19.0. The summed E-state index contributed by atoms with van der Waals surface area (Å²) in [5.41, 5.74) is 4.93. The Morgan fingerprint density at radius 2 is 1.35 bits per heavy atom. The summed E-state index contributed by atoms with van der Waals surface area (Å²) in [6.07, 6.45) is -4.45. The van der Waals surface area contributed by atoms with E-state index in [9.17, 15) is 43.6 Å². The lowest BCUT2D eigenvalue weighted by Crippen LogP contribution is -2.62. The third-order valence-corrected chi connectivity index (χ3v) is 15.4. The molecule has 0 bridgehead atoms. The van der Waals surface area contributed by atoms with Gasteiger partial charge in [0.05, 0.1) is 11.3 Å². The van der Waals surface area contributed by atoms with E-state index in [4.69, 9.17) is 5.73 Å². The van der Waals surface area contributed by atoms with Gasteiger partial charge in [0, 0.05) is 28.8 Å². The van der Waals surface area contributed by atoms with Crippen LogP contribution in [0.25, 0.3) is 11.3 Å². The average Bonchev–Trinajstić information content (AvgIpc) is 3.56. The molecule has 0 fully saturated rings. The highest BCUT2D eigenvalue weighted by Gasteiger charge is 2.61. The van der Waals surface area contributed by atoms with Crippen molar-refractivity contribution >= 4 is 48.6 Å². The third-order valence-electron chi connectivity index (χ3n) is 9.24. The number of sulfone groups is 2. The van der Waals surface area contributed by atoms with Gasteiger partial charge in [-0.05, 0) is 63.6 Å². The number of nitrogens with zero attached hydrogens (tertiary/aromatic N) is 3. The molecule has 0 aliphatic rings. The van der Waals surface area contributed by atoms with Gasteiger partial charge in [-0.25, -0.2) is 44.4 Å². The molecule has 3 aromatic carbocycles. The fraction of sp³-hybridized carbons (Fsp3) is 0.243. The SMILES string of the molecule is CCc1sc(C(N(C(=O)C(C)(C)S(=O)(=O)c2ccc(F)cc2F)c2cc(C(F)(F)F)ccn2)C(C)(C(N)=O)S(=O)(=O)c2ccc(F)cc2F)nc1-c1ccccc1. The predicted molar refractivity (Wildman–Crippen MR) is 195 cm³/mol. The van der Waals surface area contributed by atoms with Crippen LogP contribution in [-0.4, -0.2) is 48.1 Å². The maximum Gasteiger partial charge on any atom is 0.416 e. The zero-order chi connectivity index (χ0) is 42.5. The van der Waals surface area contributed by atoms with Gasteiger partial charge < -0.3 is 5.73 Å². The fourth-order valence-corrected chi connectivity index (χ4v) is 10.5. The number of thiazole rings is 1. The molecule has 57 heavy (non-hydrogen) atoms. The first kappa shape index (κ1) is 42.9. The van der Waals surface area contributed by atoms with Crippen LogP contribution in [0.2, 0.25) is 0 Å². The number of hydrogen-bond acceptors (Lipinski definition) is 9. The molecule has 2 unspecified atom stereocenters. The van der Waals surface area contributed by atoms with Crippen molar-refractivity contribution < 1.29 is 57.2 Å². The first-order valence-corrected chi connectivity index (χ1v) is 20.3. The smallest absolute Gasteiger partial charge is 0.368 e. The number of pyridine rings is 1. The predicted octanol–water partition coefficient (Wildman–Crippen LogP) is 7.39. The number of hydrogen-bond donors (Lipinski definition) is 1. The van der Waals surface area contributed by atoms with Gasteiger partial charge in [0.15, 0.2) is 24.4 Å². The van der Waals surface area contributed by atoms with Crippen molar-refractivity contribution in [1.82, 2.24) is 9.97 Å². The van der Waals surface area contributed by atoms with Gasteiger partial charge in [0.1, 0.15) is 54.7 Å². The van der Waals surface area contributed by atoms with Crippen molar-refractivity contribution in [3.8, 4) is 11.3 Å². The van der Waals surface area contributed by atoms with E-state index in [2.05, 4.69) is 9.97 Å². The van der Waals surface area contributed by atoms with Gasteiger partial charge in [-0.15, -0.1) is 11.3 Å². The van der Waals surface area contributed by atoms with E-state index in [-0.39, 0.29) is 35.2 Å². The summed E-state index contributed by atoms with van der Waals surface area (Å²) in [5.74, 6) is -10.6. The molecule has 2 atom stereocenters. The molecule has 2 heterocycles. The topological polar surface area (TPSA) is 157 Å². The van der Waals surface area contributed by atoms with Crippen LogP contribution >= 0.6 is 11.3 Å². The van der Waals surface area contributed by atoms with Gasteiger partial charge in [-0.3, -0.25) is 14.5 Å².